The molecule has 1 aliphatic rings. The fourth-order valence-corrected chi connectivity index (χ4v) is 3.69. The van der Waals surface area contributed by atoms with E-state index in [1.807, 2.05) is 32.0 Å². The summed E-state index contributed by atoms with van der Waals surface area (Å²) in [4.78, 5) is 21.3. The standard InChI is InChI=1S/C22H25FN6O/c1-16-15-21(29(26-16)20-7-9-24-10-8-20)25-22(30)17(2)27-11-13-28(14-12-27)19-5-3-18(23)4-6-19/h3-10,15,17H,11-14H2,1-2H3,(H,25,30)/t17-/m0/s1. The maximum Gasteiger partial charge on any atom is 0.242 e. The highest BCUT2D eigenvalue weighted by atomic mass is 19.1. The summed E-state index contributed by atoms with van der Waals surface area (Å²) in [5.41, 5.74) is 2.67. The molecule has 0 aliphatic carbocycles. The molecule has 1 amide bonds. The van der Waals surface area contributed by atoms with E-state index in [1.54, 1.807) is 29.2 Å². The molecule has 1 atom stereocenters. The first-order valence-electron chi connectivity index (χ1n) is 10.0. The Kier molecular flexibility index (Phi) is 5.76. The molecule has 0 unspecified atom stereocenters. The highest BCUT2D eigenvalue weighted by molar-refractivity contribution is 5.94. The molecule has 1 N–H and O–H groups in total. The Labute approximate surface area is 175 Å². The number of halogens is 1. The summed E-state index contributed by atoms with van der Waals surface area (Å²) in [6.45, 7) is 6.91. The molecular formula is C22H25FN6O. The predicted molar refractivity (Wildman–Crippen MR) is 114 cm³/mol. The number of carbonyl (C=O) groups excluding carboxylic acids is 1. The zero-order chi connectivity index (χ0) is 21.1. The van der Waals surface area contributed by atoms with E-state index < -0.39 is 0 Å². The Morgan fingerprint density at radius 1 is 1.03 bits per heavy atom. The molecule has 1 saturated heterocycles. The molecule has 1 fully saturated rings. The van der Waals surface area contributed by atoms with Gasteiger partial charge in [-0.05, 0) is 50.2 Å². The van der Waals surface area contributed by atoms with Crippen molar-refractivity contribution in [2.24, 2.45) is 0 Å². The van der Waals surface area contributed by atoms with Gasteiger partial charge in [0.25, 0.3) is 0 Å². The van der Waals surface area contributed by atoms with Gasteiger partial charge >= 0.3 is 0 Å². The topological polar surface area (TPSA) is 66.3 Å². The third kappa shape index (κ3) is 4.33. The first kappa shape index (κ1) is 20.0. The van der Waals surface area contributed by atoms with Crippen LogP contribution in [0.4, 0.5) is 15.9 Å². The third-order valence-corrected chi connectivity index (χ3v) is 5.42. The number of anilines is 2. The quantitative estimate of drug-likeness (QED) is 0.703. The molecule has 156 valence electrons. The van der Waals surface area contributed by atoms with Gasteiger partial charge in [-0.2, -0.15) is 5.10 Å². The van der Waals surface area contributed by atoms with Crippen molar-refractivity contribution in [3.8, 4) is 5.69 Å². The van der Waals surface area contributed by atoms with Gasteiger partial charge in [0.1, 0.15) is 11.6 Å². The summed E-state index contributed by atoms with van der Waals surface area (Å²) >= 11 is 0. The lowest BCUT2D eigenvalue weighted by Gasteiger charge is -2.38. The summed E-state index contributed by atoms with van der Waals surface area (Å²) in [7, 11) is 0. The number of carbonyl (C=O) groups is 1. The Morgan fingerprint density at radius 3 is 2.37 bits per heavy atom. The highest BCUT2D eigenvalue weighted by Crippen LogP contribution is 2.20. The van der Waals surface area contributed by atoms with Crippen LogP contribution in [-0.2, 0) is 4.79 Å². The van der Waals surface area contributed by atoms with Crippen molar-refractivity contribution in [2.75, 3.05) is 36.4 Å². The van der Waals surface area contributed by atoms with Crippen molar-refractivity contribution < 1.29 is 9.18 Å². The molecule has 4 rings (SSSR count). The van der Waals surface area contributed by atoms with E-state index in [9.17, 15) is 9.18 Å². The van der Waals surface area contributed by atoms with Gasteiger partial charge in [0.15, 0.2) is 0 Å². The van der Waals surface area contributed by atoms with Gasteiger partial charge in [-0.25, -0.2) is 9.07 Å². The smallest absolute Gasteiger partial charge is 0.242 e. The van der Waals surface area contributed by atoms with Crippen molar-refractivity contribution in [3.63, 3.8) is 0 Å². The second kappa shape index (κ2) is 8.62. The molecular weight excluding hydrogens is 383 g/mol. The van der Waals surface area contributed by atoms with Gasteiger partial charge < -0.3 is 10.2 Å². The molecule has 7 nitrogen and oxygen atoms in total. The molecule has 0 spiro atoms. The molecule has 2 aromatic heterocycles. The minimum absolute atomic E-state index is 0.0690. The molecule has 0 bridgehead atoms. The van der Waals surface area contributed by atoms with Crippen LogP contribution in [0.1, 0.15) is 12.6 Å². The number of hydrogen-bond donors (Lipinski definition) is 1. The SMILES string of the molecule is Cc1cc(NC(=O)[C@H](C)N2CCN(c3ccc(F)cc3)CC2)n(-c2ccncc2)n1. The molecule has 1 aromatic carbocycles. The number of aryl methyl sites for hydroxylation is 1. The molecule has 3 aromatic rings. The Hall–Kier alpha value is -3.26. The van der Waals surface area contributed by atoms with Crippen LogP contribution in [0.3, 0.4) is 0 Å². The Balaban J connectivity index is 1.39. The van der Waals surface area contributed by atoms with Gasteiger partial charge in [0, 0.05) is 50.3 Å². The van der Waals surface area contributed by atoms with Gasteiger partial charge in [-0.1, -0.05) is 0 Å². The van der Waals surface area contributed by atoms with Crippen molar-refractivity contribution >= 4 is 17.4 Å². The summed E-state index contributed by atoms with van der Waals surface area (Å²) < 4.78 is 14.9. The number of amides is 1. The van der Waals surface area contributed by atoms with E-state index in [0.29, 0.717) is 5.82 Å². The summed E-state index contributed by atoms with van der Waals surface area (Å²) in [6.07, 6.45) is 3.39. The second-order valence-electron chi connectivity index (χ2n) is 7.45. The molecule has 30 heavy (non-hydrogen) atoms. The molecule has 8 heteroatoms. The van der Waals surface area contributed by atoms with Crippen LogP contribution in [0.25, 0.3) is 5.69 Å². The van der Waals surface area contributed by atoms with E-state index in [1.165, 1.54) is 12.1 Å². The Bertz CT molecular complexity index is 996. The van der Waals surface area contributed by atoms with Crippen LogP contribution in [0.15, 0.2) is 54.9 Å². The van der Waals surface area contributed by atoms with Crippen LogP contribution in [0.5, 0.6) is 0 Å². The fraction of sp³-hybridized carbons (Fsp3) is 0.318. The number of aromatic nitrogens is 3. The lowest BCUT2D eigenvalue weighted by molar-refractivity contribution is -0.120. The van der Waals surface area contributed by atoms with Crippen molar-refractivity contribution in [3.05, 3.63) is 66.4 Å². The van der Waals surface area contributed by atoms with E-state index in [0.717, 1.165) is 43.2 Å². The number of rotatable bonds is 5. The van der Waals surface area contributed by atoms with E-state index in [2.05, 4.69) is 25.2 Å². The zero-order valence-corrected chi connectivity index (χ0v) is 17.1. The van der Waals surface area contributed by atoms with Crippen molar-refractivity contribution in [1.82, 2.24) is 19.7 Å². The number of hydrogen-bond acceptors (Lipinski definition) is 5. The minimum atomic E-state index is -0.276. The van der Waals surface area contributed by atoms with Gasteiger partial charge in [0.2, 0.25) is 5.91 Å². The van der Waals surface area contributed by atoms with Crippen LogP contribution in [0, 0.1) is 12.7 Å². The number of pyridine rings is 1. The van der Waals surface area contributed by atoms with E-state index in [-0.39, 0.29) is 17.8 Å². The van der Waals surface area contributed by atoms with Crippen LogP contribution in [-0.4, -0.2) is 57.8 Å². The lowest BCUT2D eigenvalue weighted by Crippen LogP contribution is -2.52. The van der Waals surface area contributed by atoms with E-state index in [4.69, 9.17) is 0 Å². The fourth-order valence-electron chi connectivity index (χ4n) is 3.69. The first-order chi connectivity index (χ1) is 14.5. The average molecular weight is 408 g/mol. The number of nitrogens with zero attached hydrogens (tertiary/aromatic N) is 5. The average Bonchev–Trinajstić information content (AvgIpc) is 3.14. The number of piperazine rings is 1. The Morgan fingerprint density at radius 2 is 1.70 bits per heavy atom. The first-order valence-corrected chi connectivity index (χ1v) is 10.0. The van der Waals surface area contributed by atoms with E-state index >= 15 is 0 Å². The maximum absolute atomic E-state index is 13.1. The van der Waals surface area contributed by atoms with Crippen molar-refractivity contribution in [1.29, 1.82) is 0 Å². The van der Waals surface area contributed by atoms with Gasteiger partial charge in [-0.3, -0.25) is 14.7 Å². The largest absolute Gasteiger partial charge is 0.369 e. The molecule has 1 aliphatic heterocycles. The van der Waals surface area contributed by atoms with Gasteiger partial charge in [-0.15, -0.1) is 0 Å². The lowest BCUT2D eigenvalue weighted by atomic mass is 10.2. The summed E-state index contributed by atoms with van der Waals surface area (Å²) in [6, 6.07) is 11.8. The minimum Gasteiger partial charge on any atom is -0.369 e. The monoisotopic (exact) mass is 408 g/mol. The summed E-state index contributed by atoms with van der Waals surface area (Å²) in [5.74, 6) is 0.338. The normalized spacial score (nSPS) is 15.8. The maximum atomic E-state index is 13.1. The van der Waals surface area contributed by atoms with Crippen LogP contribution < -0.4 is 10.2 Å². The highest BCUT2D eigenvalue weighted by Gasteiger charge is 2.26. The summed E-state index contributed by atoms with van der Waals surface area (Å²) in [5, 5.41) is 7.50. The number of benzene rings is 1. The van der Waals surface area contributed by atoms with Gasteiger partial charge in [0.05, 0.1) is 17.4 Å². The third-order valence-electron chi connectivity index (χ3n) is 5.42. The second-order valence-corrected chi connectivity index (χ2v) is 7.45. The zero-order valence-electron chi connectivity index (χ0n) is 17.1. The number of nitrogens with one attached hydrogen (secondary N) is 1. The molecule has 3 heterocycles. The molecule has 0 radical (unpaired) electrons. The van der Waals surface area contributed by atoms with Crippen molar-refractivity contribution in [2.45, 2.75) is 19.9 Å². The van der Waals surface area contributed by atoms with Crippen LogP contribution in [0.2, 0.25) is 0 Å². The van der Waals surface area contributed by atoms with Crippen LogP contribution >= 0.6 is 0 Å². The molecule has 0 saturated carbocycles. The predicted octanol–water partition coefficient (Wildman–Crippen LogP) is 2.86.